The molecule has 1 amide bonds. The first-order chi connectivity index (χ1) is 7.08. The highest BCUT2D eigenvalue weighted by atomic mass is 79.9. The molecule has 0 aliphatic heterocycles. The number of anilines is 1. The number of carbonyl (C=O) groups excluding carboxylic acids is 1. The number of amides is 1. The molecule has 0 fully saturated rings. The Morgan fingerprint density at radius 1 is 1.47 bits per heavy atom. The van der Waals surface area contributed by atoms with Gasteiger partial charge in [-0.05, 0) is 25.1 Å². The molecule has 0 aliphatic rings. The fourth-order valence-electron chi connectivity index (χ4n) is 1.64. The lowest BCUT2D eigenvalue weighted by Crippen LogP contribution is -2.06. The monoisotopic (exact) mass is 266 g/mol. The van der Waals surface area contributed by atoms with Gasteiger partial charge in [-0.3, -0.25) is 4.79 Å². The van der Waals surface area contributed by atoms with Crippen LogP contribution in [0.3, 0.4) is 0 Å². The van der Waals surface area contributed by atoms with Crippen LogP contribution in [0.5, 0.6) is 0 Å². The summed E-state index contributed by atoms with van der Waals surface area (Å²) in [6.45, 7) is 3.45. The molecule has 0 saturated heterocycles. The SMILES string of the molecule is CC(=O)Nc1c(C)[nH]c2ccc(Br)cc12. The second-order valence-electron chi connectivity index (χ2n) is 3.50. The summed E-state index contributed by atoms with van der Waals surface area (Å²) in [6, 6.07) is 5.94. The summed E-state index contributed by atoms with van der Waals surface area (Å²) >= 11 is 3.42. The first-order valence-electron chi connectivity index (χ1n) is 4.63. The normalized spacial score (nSPS) is 10.6. The van der Waals surface area contributed by atoms with Gasteiger partial charge < -0.3 is 10.3 Å². The Morgan fingerprint density at radius 3 is 2.87 bits per heavy atom. The van der Waals surface area contributed by atoms with E-state index in [4.69, 9.17) is 0 Å². The molecule has 4 heteroatoms. The van der Waals surface area contributed by atoms with Crippen molar-refractivity contribution >= 4 is 38.4 Å². The number of aryl methyl sites for hydroxylation is 1. The van der Waals surface area contributed by atoms with E-state index in [2.05, 4.69) is 26.2 Å². The van der Waals surface area contributed by atoms with Crippen LogP contribution in [0.4, 0.5) is 5.69 Å². The second kappa shape index (κ2) is 3.70. The van der Waals surface area contributed by atoms with Crippen LogP contribution in [0.15, 0.2) is 22.7 Å². The quantitative estimate of drug-likeness (QED) is 0.818. The Labute approximate surface area is 96.0 Å². The zero-order valence-corrected chi connectivity index (χ0v) is 10.1. The highest BCUT2D eigenvalue weighted by Gasteiger charge is 2.09. The van der Waals surface area contributed by atoms with E-state index >= 15 is 0 Å². The first-order valence-corrected chi connectivity index (χ1v) is 5.42. The molecule has 3 nitrogen and oxygen atoms in total. The maximum absolute atomic E-state index is 11.1. The van der Waals surface area contributed by atoms with Crippen LogP contribution < -0.4 is 5.32 Å². The van der Waals surface area contributed by atoms with Gasteiger partial charge in [0.15, 0.2) is 0 Å². The molecule has 2 aromatic rings. The van der Waals surface area contributed by atoms with Crippen molar-refractivity contribution in [1.82, 2.24) is 4.98 Å². The summed E-state index contributed by atoms with van der Waals surface area (Å²) in [7, 11) is 0. The van der Waals surface area contributed by atoms with Crippen molar-refractivity contribution in [2.75, 3.05) is 5.32 Å². The van der Waals surface area contributed by atoms with Gasteiger partial charge in [0.25, 0.3) is 0 Å². The van der Waals surface area contributed by atoms with Crippen LogP contribution in [-0.2, 0) is 4.79 Å². The Hall–Kier alpha value is -1.29. The predicted octanol–water partition coefficient (Wildman–Crippen LogP) is 3.20. The lowest BCUT2D eigenvalue weighted by Gasteiger charge is -2.01. The average Bonchev–Trinajstić information content (AvgIpc) is 2.43. The summed E-state index contributed by atoms with van der Waals surface area (Å²) in [5, 5.41) is 3.86. The minimum atomic E-state index is -0.0565. The number of aromatic amines is 1. The third kappa shape index (κ3) is 1.90. The fraction of sp³-hybridized carbons (Fsp3) is 0.182. The van der Waals surface area contributed by atoms with Crippen molar-refractivity contribution in [3.63, 3.8) is 0 Å². The van der Waals surface area contributed by atoms with Gasteiger partial charge in [-0.15, -0.1) is 0 Å². The van der Waals surface area contributed by atoms with E-state index in [1.54, 1.807) is 0 Å². The first kappa shape index (κ1) is 10.2. The molecular weight excluding hydrogens is 256 g/mol. The predicted molar refractivity (Wildman–Crippen MR) is 65.0 cm³/mol. The Bertz CT molecular complexity index is 531. The van der Waals surface area contributed by atoms with E-state index in [9.17, 15) is 4.79 Å². The molecule has 2 rings (SSSR count). The van der Waals surface area contributed by atoms with Gasteiger partial charge in [0.1, 0.15) is 0 Å². The van der Waals surface area contributed by atoms with Gasteiger partial charge in [-0.1, -0.05) is 15.9 Å². The van der Waals surface area contributed by atoms with E-state index < -0.39 is 0 Å². The Kier molecular flexibility index (Phi) is 2.52. The molecule has 0 radical (unpaired) electrons. The molecule has 0 unspecified atom stereocenters. The highest BCUT2D eigenvalue weighted by Crippen LogP contribution is 2.29. The Morgan fingerprint density at radius 2 is 2.20 bits per heavy atom. The van der Waals surface area contributed by atoms with Gasteiger partial charge in [0.2, 0.25) is 5.91 Å². The van der Waals surface area contributed by atoms with E-state index in [0.717, 1.165) is 26.8 Å². The zero-order valence-electron chi connectivity index (χ0n) is 8.52. The molecular formula is C11H11BrN2O. The molecule has 0 bridgehead atoms. The zero-order chi connectivity index (χ0) is 11.0. The molecule has 0 saturated carbocycles. The molecule has 15 heavy (non-hydrogen) atoms. The van der Waals surface area contributed by atoms with Crippen molar-refractivity contribution in [1.29, 1.82) is 0 Å². The molecule has 0 aliphatic carbocycles. The summed E-state index contributed by atoms with van der Waals surface area (Å²) < 4.78 is 1.00. The van der Waals surface area contributed by atoms with Crippen molar-refractivity contribution in [3.8, 4) is 0 Å². The van der Waals surface area contributed by atoms with Crippen LogP contribution in [0.2, 0.25) is 0 Å². The third-order valence-corrected chi connectivity index (χ3v) is 2.74. The lowest BCUT2D eigenvalue weighted by atomic mass is 10.2. The summed E-state index contributed by atoms with van der Waals surface area (Å²) in [4.78, 5) is 14.3. The van der Waals surface area contributed by atoms with Gasteiger partial charge in [-0.2, -0.15) is 0 Å². The third-order valence-electron chi connectivity index (χ3n) is 2.25. The summed E-state index contributed by atoms with van der Waals surface area (Å²) in [6.07, 6.45) is 0. The van der Waals surface area contributed by atoms with Crippen LogP contribution in [0.1, 0.15) is 12.6 Å². The number of fused-ring (bicyclic) bond motifs is 1. The van der Waals surface area contributed by atoms with Crippen LogP contribution in [-0.4, -0.2) is 10.9 Å². The van der Waals surface area contributed by atoms with Crippen molar-refractivity contribution in [3.05, 3.63) is 28.4 Å². The van der Waals surface area contributed by atoms with E-state index in [1.165, 1.54) is 6.92 Å². The van der Waals surface area contributed by atoms with Gasteiger partial charge >= 0.3 is 0 Å². The molecule has 1 aromatic carbocycles. The standard InChI is InChI=1S/C11H11BrN2O/c1-6-11(14-7(2)15)9-5-8(12)3-4-10(9)13-6/h3-5,13H,1-2H3,(H,14,15). The van der Waals surface area contributed by atoms with Gasteiger partial charge in [-0.25, -0.2) is 0 Å². The number of H-pyrrole nitrogens is 1. The number of hydrogen-bond donors (Lipinski definition) is 2. The Balaban J connectivity index is 2.65. The number of rotatable bonds is 1. The number of hydrogen-bond acceptors (Lipinski definition) is 1. The molecule has 1 aromatic heterocycles. The molecule has 2 N–H and O–H groups in total. The van der Waals surface area contributed by atoms with Gasteiger partial charge in [0, 0.05) is 28.0 Å². The minimum absolute atomic E-state index is 0.0565. The maximum Gasteiger partial charge on any atom is 0.221 e. The number of benzene rings is 1. The number of halogens is 1. The average molecular weight is 267 g/mol. The number of nitrogens with one attached hydrogen (secondary N) is 2. The molecule has 1 heterocycles. The number of aromatic nitrogens is 1. The van der Waals surface area contributed by atoms with Gasteiger partial charge in [0.05, 0.1) is 5.69 Å². The summed E-state index contributed by atoms with van der Waals surface area (Å²) in [5.41, 5.74) is 2.86. The van der Waals surface area contributed by atoms with E-state index in [0.29, 0.717) is 0 Å². The maximum atomic E-state index is 11.1. The van der Waals surface area contributed by atoms with Crippen molar-refractivity contribution in [2.45, 2.75) is 13.8 Å². The second-order valence-corrected chi connectivity index (χ2v) is 4.41. The van der Waals surface area contributed by atoms with E-state index in [-0.39, 0.29) is 5.91 Å². The van der Waals surface area contributed by atoms with Crippen molar-refractivity contribution < 1.29 is 4.79 Å². The lowest BCUT2D eigenvalue weighted by molar-refractivity contribution is -0.114. The molecule has 0 atom stereocenters. The topological polar surface area (TPSA) is 44.9 Å². The molecule has 0 spiro atoms. The summed E-state index contributed by atoms with van der Waals surface area (Å²) in [5.74, 6) is -0.0565. The van der Waals surface area contributed by atoms with E-state index in [1.807, 2.05) is 25.1 Å². The highest BCUT2D eigenvalue weighted by molar-refractivity contribution is 9.10. The number of carbonyl (C=O) groups is 1. The minimum Gasteiger partial charge on any atom is -0.357 e. The van der Waals surface area contributed by atoms with Crippen molar-refractivity contribution in [2.24, 2.45) is 0 Å². The smallest absolute Gasteiger partial charge is 0.221 e. The van der Waals surface area contributed by atoms with Crippen LogP contribution >= 0.6 is 15.9 Å². The largest absolute Gasteiger partial charge is 0.357 e. The fourth-order valence-corrected chi connectivity index (χ4v) is 2.00. The van der Waals surface area contributed by atoms with Crippen LogP contribution in [0.25, 0.3) is 10.9 Å². The van der Waals surface area contributed by atoms with Crippen LogP contribution in [0, 0.1) is 6.92 Å². The molecule has 78 valence electrons.